The SMILES string of the molecule is Nc1nc(C(=NO)C(=O)N[C@@H]2C(=O)N3C(C(=O)OCCOC(=O)OC4CCCCC4)=C(/C=C/c4cccnc4)CS[C@@H]23)cs1. The smallest absolute Gasteiger partial charge is 0.457 e. The number of esters is 1. The van der Waals surface area contributed by atoms with Gasteiger partial charge in [0.15, 0.2) is 10.8 Å². The molecular weight excluding hydrogens is 612 g/mol. The van der Waals surface area contributed by atoms with Crippen LogP contribution in [0, 0.1) is 0 Å². The van der Waals surface area contributed by atoms with Gasteiger partial charge in [-0.2, -0.15) is 0 Å². The summed E-state index contributed by atoms with van der Waals surface area (Å²) in [6, 6.07) is 2.59. The van der Waals surface area contributed by atoms with Crippen LogP contribution in [0.2, 0.25) is 0 Å². The molecule has 0 aromatic carbocycles. The van der Waals surface area contributed by atoms with E-state index in [4.69, 9.17) is 19.9 Å². The van der Waals surface area contributed by atoms with Gasteiger partial charge in [0.05, 0.1) is 0 Å². The van der Waals surface area contributed by atoms with Gasteiger partial charge in [-0.3, -0.25) is 19.5 Å². The predicted octanol–water partition coefficient (Wildman–Crippen LogP) is 2.70. The lowest BCUT2D eigenvalue weighted by molar-refractivity contribution is -0.153. The van der Waals surface area contributed by atoms with E-state index < -0.39 is 41.1 Å². The Labute approximate surface area is 260 Å². The van der Waals surface area contributed by atoms with Gasteiger partial charge in [0.25, 0.3) is 11.8 Å². The molecule has 44 heavy (non-hydrogen) atoms. The van der Waals surface area contributed by atoms with Gasteiger partial charge in [-0.05, 0) is 42.9 Å². The minimum absolute atomic E-state index is 0.0116. The summed E-state index contributed by atoms with van der Waals surface area (Å²) in [4.78, 5) is 60.8. The number of amides is 2. The van der Waals surface area contributed by atoms with Crippen molar-refractivity contribution in [3.05, 3.63) is 58.5 Å². The van der Waals surface area contributed by atoms with E-state index in [0.29, 0.717) is 11.3 Å². The molecule has 0 radical (unpaired) electrons. The number of rotatable bonds is 10. The third kappa shape index (κ3) is 7.19. The molecule has 2 aromatic rings. The topological polar surface area (TPSA) is 196 Å². The van der Waals surface area contributed by atoms with Crippen molar-refractivity contribution in [3.8, 4) is 0 Å². The first-order chi connectivity index (χ1) is 21.4. The van der Waals surface area contributed by atoms with Crippen LogP contribution < -0.4 is 11.1 Å². The lowest BCUT2D eigenvalue weighted by Gasteiger charge is -2.49. The zero-order chi connectivity index (χ0) is 31.1. The molecule has 1 saturated carbocycles. The first kappa shape index (κ1) is 31.0. The summed E-state index contributed by atoms with van der Waals surface area (Å²) in [6.45, 7) is -0.477. The van der Waals surface area contributed by atoms with Crippen molar-refractivity contribution in [2.45, 2.75) is 49.6 Å². The number of nitrogens with zero attached hydrogens (tertiary/aromatic N) is 4. The van der Waals surface area contributed by atoms with Gasteiger partial charge in [0, 0.05) is 23.5 Å². The molecular formula is C28H30N6O8S2. The molecule has 2 atom stereocenters. The second-order valence-corrected chi connectivity index (χ2v) is 12.0. The number of hydrogen-bond acceptors (Lipinski definition) is 14. The summed E-state index contributed by atoms with van der Waals surface area (Å²) in [5, 5.41) is 16.0. The number of carbonyl (C=O) groups excluding carboxylic acids is 4. The largest absolute Gasteiger partial charge is 0.508 e. The normalized spacial score (nSPS) is 20.6. The number of nitrogens with two attached hydrogens (primary N) is 1. The van der Waals surface area contributed by atoms with Crippen molar-refractivity contribution in [2.75, 3.05) is 24.7 Å². The molecule has 14 nitrogen and oxygen atoms in total. The number of fused-ring (bicyclic) bond motifs is 1. The highest BCUT2D eigenvalue weighted by molar-refractivity contribution is 8.00. The van der Waals surface area contributed by atoms with E-state index in [2.05, 4.69) is 20.4 Å². The summed E-state index contributed by atoms with van der Waals surface area (Å²) >= 11 is 2.39. The molecule has 232 valence electrons. The van der Waals surface area contributed by atoms with Crippen molar-refractivity contribution >= 4 is 64.0 Å². The van der Waals surface area contributed by atoms with Gasteiger partial charge < -0.3 is 30.5 Å². The van der Waals surface area contributed by atoms with Crippen LogP contribution in [0.3, 0.4) is 0 Å². The highest BCUT2D eigenvalue weighted by Crippen LogP contribution is 2.41. The molecule has 3 aliphatic rings. The third-order valence-electron chi connectivity index (χ3n) is 7.07. The highest BCUT2D eigenvalue weighted by atomic mass is 32.2. The molecule has 0 spiro atoms. The Morgan fingerprint density at radius 1 is 1.18 bits per heavy atom. The first-order valence-electron chi connectivity index (χ1n) is 13.9. The number of hydrogen-bond donors (Lipinski definition) is 3. The molecule has 2 amide bonds. The van der Waals surface area contributed by atoms with Crippen molar-refractivity contribution < 1.29 is 38.6 Å². The number of β-lactam (4-membered cyclic amide) rings is 1. The average molecular weight is 643 g/mol. The summed E-state index contributed by atoms with van der Waals surface area (Å²) in [5.41, 5.74) is 6.59. The number of ether oxygens (including phenoxy) is 3. The monoisotopic (exact) mass is 642 g/mol. The van der Waals surface area contributed by atoms with Crippen molar-refractivity contribution in [2.24, 2.45) is 5.16 Å². The van der Waals surface area contributed by atoms with E-state index in [0.717, 1.165) is 49.0 Å². The van der Waals surface area contributed by atoms with E-state index >= 15 is 0 Å². The van der Waals surface area contributed by atoms with Gasteiger partial charge in [0.1, 0.15) is 42.1 Å². The number of aromatic nitrogens is 2. The van der Waals surface area contributed by atoms with Crippen LogP contribution in [0.1, 0.15) is 43.4 Å². The molecule has 4 N–H and O–H groups in total. The molecule has 2 aromatic heterocycles. The van der Waals surface area contributed by atoms with Crippen LogP contribution >= 0.6 is 23.1 Å². The number of carbonyl (C=O) groups is 4. The molecule has 1 saturated heterocycles. The molecule has 4 heterocycles. The fraction of sp³-hybridized carbons (Fsp3) is 0.393. The number of pyridine rings is 1. The maximum absolute atomic E-state index is 13.3. The van der Waals surface area contributed by atoms with Gasteiger partial charge in [-0.25, -0.2) is 14.6 Å². The van der Waals surface area contributed by atoms with Crippen molar-refractivity contribution in [1.29, 1.82) is 0 Å². The molecule has 5 rings (SSSR count). The van der Waals surface area contributed by atoms with E-state index in [1.54, 1.807) is 30.6 Å². The lowest BCUT2D eigenvalue weighted by Crippen LogP contribution is -2.71. The minimum Gasteiger partial charge on any atom is -0.457 e. The Bertz CT molecular complexity index is 1490. The van der Waals surface area contributed by atoms with Crippen LogP contribution in [0.4, 0.5) is 9.93 Å². The molecule has 2 fully saturated rings. The third-order valence-corrected chi connectivity index (χ3v) is 9.05. The first-order valence-corrected chi connectivity index (χ1v) is 15.8. The maximum atomic E-state index is 13.3. The number of nitrogen functional groups attached to an aromatic ring is 1. The second-order valence-electron chi connectivity index (χ2n) is 9.99. The minimum atomic E-state index is -1.01. The summed E-state index contributed by atoms with van der Waals surface area (Å²) in [6.07, 6.45) is 10.5. The molecule has 1 aliphatic carbocycles. The zero-order valence-corrected chi connectivity index (χ0v) is 25.1. The summed E-state index contributed by atoms with van der Waals surface area (Å²) in [5.74, 6) is -1.87. The standard InChI is InChI=1S/C28H30N6O8S2/c29-27-31-19(15-44-27)20(33-39)23(35)32-21-24(36)34-22(17(14-43-25(21)34)9-8-16-5-4-10-30-13-16)26(37)40-11-12-41-28(38)42-18-6-2-1-3-7-18/h4-5,8-10,13,15,18,21,25,39H,1-3,6-7,11-12,14H2,(H2,29,31)(H,32,35)/b9-8+,33-20?/t21-,25+/m1/s1. The van der Waals surface area contributed by atoms with Gasteiger partial charge >= 0.3 is 12.1 Å². The number of nitrogens with one attached hydrogen (secondary N) is 1. The van der Waals surface area contributed by atoms with Gasteiger partial charge in [-0.1, -0.05) is 29.8 Å². The quantitative estimate of drug-likeness (QED) is 0.0857. The number of thiazole rings is 1. The number of anilines is 1. The number of allylic oxidation sites excluding steroid dienone is 1. The zero-order valence-electron chi connectivity index (χ0n) is 23.4. The molecule has 0 unspecified atom stereocenters. The number of oxime groups is 1. The van der Waals surface area contributed by atoms with Crippen LogP contribution in [0.15, 0.2) is 52.4 Å². The Morgan fingerprint density at radius 3 is 2.68 bits per heavy atom. The van der Waals surface area contributed by atoms with E-state index in [1.165, 1.54) is 22.0 Å². The van der Waals surface area contributed by atoms with Gasteiger partial charge in [-0.15, -0.1) is 23.1 Å². The fourth-order valence-corrected chi connectivity index (χ4v) is 6.80. The van der Waals surface area contributed by atoms with Crippen LogP contribution in [0.25, 0.3) is 6.08 Å². The average Bonchev–Trinajstić information content (AvgIpc) is 3.47. The highest BCUT2D eigenvalue weighted by Gasteiger charge is 2.54. The Balaban J connectivity index is 1.25. The van der Waals surface area contributed by atoms with Gasteiger partial charge in [0.2, 0.25) is 0 Å². The van der Waals surface area contributed by atoms with Crippen molar-refractivity contribution in [1.82, 2.24) is 20.2 Å². The Morgan fingerprint density at radius 2 is 1.98 bits per heavy atom. The summed E-state index contributed by atoms with van der Waals surface area (Å²) in [7, 11) is 0. The number of thioether (sulfide) groups is 1. The maximum Gasteiger partial charge on any atom is 0.508 e. The van der Waals surface area contributed by atoms with Crippen molar-refractivity contribution in [3.63, 3.8) is 0 Å². The predicted molar refractivity (Wildman–Crippen MR) is 160 cm³/mol. The van der Waals surface area contributed by atoms with Crippen LogP contribution in [-0.4, -0.2) is 86.2 Å². The second kappa shape index (κ2) is 14.4. The van der Waals surface area contributed by atoms with E-state index in [9.17, 15) is 24.4 Å². The van der Waals surface area contributed by atoms with E-state index in [-0.39, 0.29) is 35.8 Å². The van der Waals surface area contributed by atoms with Crippen LogP contribution in [0.5, 0.6) is 0 Å². The fourth-order valence-electron chi connectivity index (χ4n) is 4.93. The molecule has 2 aliphatic heterocycles. The van der Waals surface area contributed by atoms with E-state index in [1.807, 2.05) is 6.07 Å². The van der Waals surface area contributed by atoms with Crippen LogP contribution in [-0.2, 0) is 28.6 Å². The Hall–Kier alpha value is -4.44. The summed E-state index contributed by atoms with van der Waals surface area (Å²) < 4.78 is 15.8. The molecule has 0 bridgehead atoms. The Kier molecular flexibility index (Phi) is 10.1. The lowest BCUT2D eigenvalue weighted by atomic mass is 9.98. The molecule has 16 heteroatoms.